The lowest BCUT2D eigenvalue weighted by molar-refractivity contribution is -0.137. The van der Waals surface area contributed by atoms with Crippen LogP contribution in [0.1, 0.15) is 0 Å². The Morgan fingerprint density at radius 3 is 2.86 bits per heavy atom. The van der Waals surface area contributed by atoms with E-state index in [0.717, 1.165) is 32.8 Å². The van der Waals surface area contributed by atoms with Crippen LogP contribution in [-0.4, -0.2) is 71.2 Å². The molecule has 0 aliphatic carbocycles. The molecule has 1 fully saturated rings. The first-order valence-corrected chi connectivity index (χ1v) is 6.72. The molecular weight excluding hydrogens is 278 g/mol. The maximum atomic E-state index is 11.7. The smallest absolute Gasteiger partial charge is 0.325 e. The summed E-state index contributed by atoms with van der Waals surface area (Å²) in [7, 11) is 0. The molecule has 1 aromatic heterocycles. The van der Waals surface area contributed by atoms with Gasteiger partial charge in [0.1, 0.15) is 6.54 Å². The number of carbonyl (C=O) groups is 2. The van der Waals surface area contributed by atoms with Crippen molar-refractivity contribution in [2.45, 2.75) is 6.54 Å². The van der Waals surface area contributed by atoms with Crippen LogP contribution in [0.15, 0.2) is 12.4 Å². The van der Waals surface area contributed by atoms with Crippen molar-refractivity contribution in [3.05, 3.63) is 12.4 Å². The third kappa shape index (κ3) is 5.40. The van der Waals surface area contributed by atoms with Crippen LogP contribution in [0.25, 0.3) is 0 Å². The summed E-state index contributed by atoms with van der Waals surface area (Å²) < 4.78 is 6.49. The number of aromatic nitrogens is 2. The summed E-state index contributed by atoms with van der Waals surface area (Å²) in [6.45, 7) is 4.30. The van der Waals surface area contributed by atoms with Gasteiger partial charge in [-0.25, -0.2) is 4.79 Å². The van der Waals surface area contributed by atoms with E-state index in [-0.39, 0.29) is 12.6 Å². The molecule has 3 N–H and O–H groups in total. The molecule has 9 nitrogen and oxygen atoms in total. The Balaban J connectivity index is 1.66. The Morgan fingerprint density at radius 1 is 1.38 bits per heavy atom. The monoisotopic (exact) mass is 297 g/mol. The number of ether oxygens (including phenoxy) is 1. The summed E-state index contributed by atoms with van der Waals surface area (Å²) in [5.41, 5.74) is 0.458. The number of carboxylic acid groups (broad SMARTS) is 1. The maximum Gasteiger partial charge on any atom is 0.325 e. The normalized spacial score (nSPS) is 15.6. The highest BCUT2D eigenvalue weighted by Crippen LogP contribution is 2.04. The number of rotatable bonds is 6. The van der Waals surface area contributed by atoms with Crippen molar-refractivity contribution in [2.24, 2.45) is 0 Å². The molecule has 0 aromatic carbocycles. The Bertz CT molecular complexity index is 484. The molecule has 0 atom stereocenters. The quantitative estimate of drug-likeness (QED) is 0.648. The molecule has 1 aliphatic rings. The van der Waals surface area contributed by atoms with Gasteiger partial charge >= 0.3 is 12.0 Å². The molecule has 0 bridgehead atoms. The summed E-state index contributed by atoms with van der Waals surface area (Å²) in [5.74, 6) is -0.986. The number of hydrogen-bond donors (Lipinski definition) is 3. The van der Waals surface area contributed by atoms with Gasteiger partial charge in [0.15, 0.2) is 0 Å². The first-order valence-electron chi connectivity index (χ1n) is 6.72. The summed E-state index contributed by atoms with van der Waals surface area (Å²) >= 11 is 0. The number of amides is 2. The molecule has 0 spiro atoms. The molecule has 1 saturated heterocycles. The lowest BCUT2D eigenvalue weighted by atomic mass is 10.4. The third-order valence-corrected chi connectivity index (χ3v) is 3.01. The van der Waals surface area contributed by atoms with Crippen molar-refractivity contribution in [3.8, 4) is 0 Å². The molecule has 0 unspecified atom stereocenters. The van der Waals surface area contributed by atoms with Crippen molar-refractivity contribution < 1.29 is 19.4 Å². The van der Waals surface area contributed by atoms with Crippen molar-refractivity contribution in [1.29, 1.82) is 0 Å². The fourth-order valence-corrected chi connectivity index (χ4v) is 1.98. The minimum absolute atomic E-state index is 0.236. The SMILES string of the molecule is O=C(O)Cn1cc(NC(=O)NCCN2CCOCC2)cn1. The fourth-order valence-electron chi connectivity index (χ4n) is 1.98. The van der Waals surface area contributed by atoms with Crippen molar-refractivity contribution in [1.82, 2.24) is 20.0 Å². The van der Waals surface area contributed by atoms with Crippen LogP contribution >= 0.6 is 0 Å². The second-order valence-electron chi connectivity index (χ2n) is 4.66. The highest BCUT2D eigenvalue weighted by atomic mass is 16.5. The summed E-state index contributed by atoms with van der Waals surface area (Å²) in [6, 6.07) is -0.335. The van der Waals surface area contributed by atoms with Gasteiger partial charge in [0.05, 0.1) is 25.1 Å². The van der Waals surface area contributed by atoms with Crippen LogP contribution in [0.5, 0.6) is 0 Å². The molecule has 0 radical (unpaired) electrons. The predicted octanol–water partition coefficient (Wildman–Crippen LogP) is -0.579. The standard InChI is InChI=1S/C12H19N5O4/c18-11(19)9-17-8-10(7-14-17)15-12(20)13-1-2-16-3-5-21-6-4-16/h7-8H,1-6,9H2,(H,18,19)(H2,13,15,20). The number of urea groups is 1. The second kappa shape index (κ2) is 7.60. The van der Waals surface area contributed by atoms with Crippen molar-refractivity contribution in [2.75, 3.05) is 44.7 Å². The van der Waals surface area contributed by atoms with Gasteiger partial charge in [0.2, 0.25) is 0 Å². The number of aliphatic carboxylic acids is 1. The maximum absolute atomic E-state index is 11.7. The van der Waals surface area contributed by atoms with E-state index in [1.54, 1.807) is 0 Å². The van der Waals surface area contributed by atoms with E-state index in [9.17, 15) is 9.59 Å². The van der Waals surface area contributed by atoms with Gasteiger partial charge in [-0.15, -0.1) is 0 Å². The zero-order chi connectivity index (χ0) is 15.1. The number of anilines is 1. The van der Waals surface area contributed by atoms with E-state index in [4.69, 9.17) is 9.84 Å². The predicted molar refractivity (Wildman–Crippen MR) is 74.1 cm³/mol. The summed E-state index contributed by atoms with van der Waals surface area (Å²) in [4.78, 5) is 24.4. The van der Waals surface area contributed by atoms with Gasteiger partial charge in [0, 0.05) is 32.4 Å². The summed E-state index contributed by atoms with van der Waals surface area (Å²) in [6.07, 6.45) is 2.88. The van der Waals surface area contributed by atoms with Crippen LogP contribution in [-0.2, 0) is 16.1 Å². The van der Waals surface area contributed by atoms with Crippen LogP contribution in [0.2, 0.25) is 0 Å². The minimum atomic E-state index is -0.986. The van der Waals surface area contributed by atoms with Gasteiger partial charge < -0.3 is 20.5 Å². The molecule has 116 valence electrons. The fraction of sp³-hybridized carbons (Fsp3) is 0.583. The van der Waals surface area contributed by atoms with Gasteiger partial charge in [-0.2, -0.15) is 5.10 Å². The average molecular weight is 297 g/mol. The zero-order valence-corrected chi connectivity index (χ0v) is 11.6. The second-order valence-corrected chi connectivity index (χ2v) is 4.66. The van der Waals surface area contributed by atoms with E-state index >= 15 is 0 Å². The van der Waals surface area contributed by atoms with Crippen LogP contribution < -0.4 is 10.6 Å². The molecule has 2 heterocycles. The van der Waals surface area contributed by atoms with Crippen molar-refractivity contribution in [3.63, 3.8) is 0 Å². The molecule has 21 heavy (non-hydrogen) atoms. The largest absolute Gasteiger partial charge is 0.480 e. The summed E-state index contributed by atoms with van der Waals surface area (Å²) in [5, 5.41) is 17.8. The van der Waals surface area contributed by atoms with E-state index in [0.29, 0.717) is 12.2 Å². The molecule has 2 rings (SSSR count). The van der Waals surface area contributed by atoms with Crippen LogP contribution in [0, 0.1) is 0 Å². The number of morpholine rings is 1. The number of nitrogens with zero attached hydrogens (tertiary/aromatic N) is 3. The van der Waals surface area contributed by atoms with Gasteiger partial charge in [-0.1, -0.05) is 0 Å². The average Bonchev–Trinajstić information content (AvgIpc) is 2.86. The van der Waals surface area contributed by atoms with Gasteiger partial charge in [-0.05, 0) is 0 Å². The van der Waals surface area contributed by atoms with E-state index < -0.39 is 5.97 Å². The molecule has 2 amide bonds. The lowest BCUT2D eigenvalue weighted by Crippen LogP contribution is -2.42. The highest BCUT2D eigenvalue weighted by molar-refractivity contribution is 5.88. The first kappa shape index (κ1) is 15.3. The minimum Gasteiger partial charge on any atom is -0.480 e. The molecule has 9 heteroatoms. The topological polar surface area (TPSA) is 109 Å². The molecule has 0 saturated carbocycles. The van der Waals surface area contributed by atoms with Crippen LogP contribution in [0.3, 0.4) is 0 Å². The van der Waals surface area contributed by atoms with Gasteiger partial charge in [-0.3, -0.25) is 14.4 Å². The Labute approximate surface area is 121 Å². The van der Waals surface area contributed by atoms with Gasteiger partial charge in [0.25, 0.3) is 0 Å². The Kier molecular flexibility index (Phi) is 5.52. The number of hydrogen-bond acceptors (Lipinski definition) is 5. The number of nitrogens with one attached hydrogen (secondary N) is 2. The Hall–Kier alpha value is -2.13. The zero-order valence-electron chi connectivity index (χ0n) is 11.6. The van der Waals surface area contributed by atoms with E-state index in [1.165, 1.54) is 17.1 Å². The lowest BCUT2D eigenvalue weighted by Gasteiger charge is -2.26. The number of carboxylic acids is 1. The van der Waals surface area contributed by atoms with Crippen molar-refractivity contribution >= 4 is 17.7 Å². The molecular formula is C12H19N5O4. The number of carbonyl (C=O) groups excluding carboxylic acids is 1. The van der Waals surface area contributed by atoms with E-state index in [2.05, 4.69) is 20.6 Å². The van der Waals surface area contributed by atoms with Crippen LogP contribution in [0.4, 0.5) is 10.5 Å². The molecule has 1 aliphatic heterocycles. The van der Waals surface area contributed by atoms with E-state index in [1.807, 2.05) is 0 Å². The third-order valence-electron chi connectivity index (χ3n) is 3.01. The first-order chi connectivity index (χ1) is 10.1. The Morgan fingerprint density at radius 2 is 2.14 bits per heavy atom. The molecule has 1 aromatic rings. The highest BCUT2D eigenvalue weighted by Gasteiger charge is 2.10.